The maximum atomic E-state index is 12.0. The van der Waals surface area contributed by atoms with Crippen LogP contribution in [0.25, 0.3) is 6.08 Å². The van der Waals surface area contributed by atoms with Crippen LogP contribution < -0.4 is 15.6 Å². The van der Waals surface area contributed by atoms with Gasteiger partial charge in [-0.25, -0.2) is 0 Å². The first-order valence-corrected chi connectivity index (χ1v) is 8.21. The van der Waals surface area contributed by atoms with Gasteiger partial charge < -0.3 is 4.74 Å². The molecule has 0 aliphatic carbocycles. The molecule has 0 fully saturated rings. The molecule has 130 valence electrons. The summed E-state index contributed by atoms with van der Waals surface area (Å²) in [5.74, 6) is -0.287. The summed E-state index contributed by atoms with van der Waals surface area (Å²) >= 11 is 11.8. The van der Waals surface area contributed by atoms with Crippen molar-refractivity contribution in [3.8, 4) is 5.75 Å². The zero-order valence-electron chi connectivity index (χ0n) is 13.4. The lowest BCUT2D eigenvalue weighted by molar-refractivity contribution is -0.117. The van der Waals surface area contributed by atoms with Crippen LogP contribution in [0.3, 0.4) is 0 Å². The first-order chi connectivity index (χ1) is 12.0. The molecule has 0 bridgehead atoms. The Hall–Kier alpha value is -2.50. The Morgan fingerprint density at radius 3 is 2.48 bits per heavy atom. The van der Waals surface area contributed by atoms with Crippen molar-refractivity contribution < 1.29 is 14.3 Å². The van der Waals surface area contributed by atoms with E-state index in [1.165, 1.54) is 18.2 Å². The number of amides is 2. The van der Waals surface area contributed by atoms with Crippen LogP contribution in [0.4, 0.5) is 0 Å². The lowest BCUT2D eigenvalue weighted by atomic mass is 10.2. The Morgan fingerprint density at radius 1 is 1.08 bits per heavy atom. The molecule has 7 heteroatoms. The van der Waals surface area contributed by atoms with E-state index in [4.69, 9.17) is 27.9 Å². The zero-order valence-corrected chi connectivity index (χ0v) is 14.9. The molecular formula is C18H16Cl2N2O3. The first-order valence-electron chi connectivity index (χ1n) is 7.46. The molecule has 0 aliphatic rings. The Balaban J connectivity index is 1.89. The van der Waals surface area contributed by atoms with Crippen LogP contribution in [0.1, 0.15) is 22.8 Å². The molecular weight excluding hydrogens is 363 g/mol. The molecule has 0 aromatic heterocycles. The van der Waals surface area contributed by atoms with Gasteiger partial charge in [0, 0.05) is 11.1 Å². The number of ether oxygens (including phenoxy) is 1. The highest BCUT2D eigenvalue weighted by Gasteiger charge is 2.11. The van der Waals surface area contributed by atoms with Gasteiger partial charge in [-0.05, 0) is 48.9 Å². The van der Waals surface area contributed by atoms with E-state index >= 15 is 0 Å². The SMILES string of the molecule is CCOc1ccc(/C=C/C(=O)NNC(=O)c2cc(Cl)ccc2Cl)cc1. The highest BCUT2D eigenvalue weighted by molar-refractivity contribution is 6.35. The monoisotopic (exact) mass is 378 g/mol. The lowest BCUT2D eigenvalue weighted by Gasteiger charge is -2.07. The van der Waals surface area contributed by atoms with E-state index in [1.807, 2.05) is 31.2 Å². The van der Waals surface area contributed by atoms with Crippen LogP contribution in [0.15, 0.2) is 48.5 Å². The summed E-state index contributed by atoms with van der Waals surface area (Å²) in [6, 6.07) is 11.7. The second-order valence-corrected chi connectivity index (χ2v) is 5.75. The molecule has 0 atom stereocenters. The third kappa shape index (κ3) is 5.81. The van der Waals surface area contributed by atoms with Crippen molar-refractivity contribution in [2.75, 3.05) is 6.61 Å². The highest BCUT2D eigenvalue weighted by Crippen LogP contribution is 2.20. The van der Waals surface area contributed by atoms with Gasteiger partial charge in [0.05, 0.1) is 17.2 Å². The summed E-state index contributed by atoms with van der Waals surface area (Å²) < 4.78 is 5.34. The van der Waals surface area contributed by atoms with E-state index in [0.717, 1.165) is 11.3 Å². The topological polar surface area (TPSA) is 67.4 Å². The maximum Gasteiger partial charge on any atom is 0.271 e. The Labute approximate surface area is 155 Å². The summed E-state index contributed by atoms with van der Waals surface area (Å²) in [6.07, 6.45) is 2.92. The van der Waals surface area contributed by atoms with Gasteiger partial charge in [0.1, 0.15) is 5.75 Å². The van der Waals surface area contributed by atoms with Gasteiger partial charge in [0.2, 0.25) is 0 Å². The number of benzene rings is 2. The van der Waals surface area contributed by atoms with Crippen molar-refractivity contribution in [1.29, 1.82) is 0 Å². The van der Waals surface area contributed by atoms with Crippen molar-refractivity contribution in [2.24, 2.45) is 0 Å². The van der Waals surface area contributed by atoms with Crippen molar-refractivity contribution in [3.05, 3.63) is 69.7 Å². The van der Waals surface area contributed by atoms with Crippen molar-refractivity contribution in [3.63, 3.8) is 0 Å². The fourth-order valence-corrected chi connectivity index (χ4v) is 2.29. The van der Waals surface area contributed by atoms with E-state index in [2.05, 4.69) is 10.9 Å². The second kappa shape index (κ2) is 9.11. The molecule has 0 heterocycles. The molecule has 0 saturated carbocycles. The van der Waals surface area contributed by atoms with E-state index in [1.54, 1.807) is 12.1 Å². The minimum atomic E-state index is -0.560. The smallest absolute Gasteiger partial charge is 0.271 e. The van der Waals surface area contributed by atoms with Gasteiger partial charge >= 0.3 is 0 Å². The van der Waals surface area contributed by atoms with Gasteiger partial charge in [0.25, 0.3) is 11.8 Å². The fraction of sp³-hybridized carbons (Fsp3) is 0.111. The summed E-state index contributed by atoms with van der Waals surface area (Å²) in [4.78, 5) is 23.8. The number of carbonyl (C=O) groups excluding carboxylic acids is 2. The van der Waals surface area contributed by atoms with Crippen LogP contribution in [-0.4, -0.2) is 18.4 Å². The molecule has 2 N–H and O–H groups in total. The van der Waals surface area contributed by atoms with Crippen molar-refractivity contribution in [2.45, 2.75) is 6.92 Å². The van der Waals surface area contributed by atoms with Gasteiger partial charge in [0.15, 0.2) is 0 Å². The average Bonchev–Trinajstić information content (AvgIpc) is 2.61. The molecule has 2 aromatic carbocycles. The molecule has 0 saturated heterocycles. The average molecular weight is 379 g/mol. The number of hydrogen-bond donors (Lipinski definition) is 2. The predicted molar refractivity (Wildman–Crippen MR) is 98.7 cm³/mol. The summed E-state index contributed by atoms with van der Waals surface area (Å²) in [7, 11) is 0. The van der Waals surface area contributed by atoms with Gasteiger partial charge in [-0.2, -0.15) is 0 Å². The number of halogens is 2. The molecule has 2 amide bonds. The Bertz CT molecular complexity index is 789. The number of nitrogens with one attached hydrogen (secondary N) is 2. The quantitative estimate of drug-likeness (QED) is 0.612. The lowest BCUT2D eigenvalue weighted by Crippen LogP contribution is -2.40. The van der Waals surface area contributed by atoms with Crippen LogP contribution in [-0.2, 0) is 4.79 Å². The molecule has 0 spiro atoms. The molecule has 25 heavy (non-hydrogen) atoms. The number of hydrazine groups is 1. The second-order valence-electron chi connectivity index (χ2n) is 4.90. The Morgan fingerprint density at radius 2 is 1.80 bits per heavy atom. The molecule has 5 nitrogen and oxygen atoms in total. The third-order valence-electron chi connectivity index (χ3n) is 3.09. The number of hydrogen-bond acceptors (Lipinski definition) is 3. The van der Waals surface area contributed by atoms with Crippen LogP contribution >= 0.6 is 23.2 Å². The van der Waals surface area contributed by atoms with Crippen LogP contribution in [0.5, 0.6) is 5.75 Å². The molecule has 2 rings (SSSR count). The minimum absolute atomic E-state index is 0.171. The van der Waals surface area contributed by atoms with Crippen LogP contribution in [0.2, 0.25) is 10.0 Å². The molecule has 0 aliphatic heterocycles. The summed E-state index contributed by atoms with van der Waals surface area (Å²) in [5.41, 5.74) is 5.55. The molecule has 2 aromatic rings. The highest BCUT2D eigenvalue weighted by atomic mass is 35.5. The molecule has 0 unspecified atom stereocenters. The van der Waals surface area contributed by atoms with E-state index in [-0.39, 0.29) is 10.6 Å². The summed E-state index contributed by atoms with van der Waals surface area (Å²) in [6.45, 7) is 2.50. The van der Waals surface area contributed by atoms with E-state index in [0.29, 0.717) is 11.6 Å². The van der Waals surface area contributed by atoms with E-state index in [9.17, 15) is 9.59 Å². The first kappa shape index (κ1) is 18.8. The largest absolute Gasteiger partial charge is 0.494 e. The fourth-order valence-electron chi connectivity index (χ4n) is 1.91. The maximum absolute atomic E-state index is 12.0. The zero-order chi connectivity index (χ0) is 18.2. The van der Waals surface area contributed by atoms with Crippen molar-refractivity contribution >= 4 is 41.1 Å². The van der Waals surface area contributed by atoms with Gasteiger partial charge in [-0.15, -0.1) is 0 Å². The predicted octanol–water partition coefficient (Wildman–Crippen LogP) is 3.87. The minimum Gasteiger partial charge on any atom is -0.494 e. The normalized spacial score (nSPS) is 10.5. The van der Waals surface area contributed by atoms with Gasteiger partial charge in [-0.1, -0.05) is 35.3 Å². The Kier molecular flexibility index (Phi) is 6.86. The molecule has 0 radical (unpaired) electrons. The van der Waals surface area contributed by atoms with E-state index < -0.39 is 11.8 Å². The number of carbonyl (C=O) groups is 2. The third-order valence-corrected chi connectivity index (χ3v) is 3.66. The van der Waals surface area contributed by atoms with Gasteiger partial charge in [-0.3, -0.25) is 20.4 Å². The van der Waals surface area contributed by atoms with Crippen LogP contribution in [0, 0.1) is 0 Å². The number of rotatable bonds is 5. The summed E-state index contributed by atoms with van der Waals surface area (Å²) in [5, 5.41) is 0.609. The standard InChI is InChI=1S/C18H16Cl2N2O3/c1-2-25-14-7-3-12(4-8-14)5-10-17(23)21-22-18(24)15-11-13(19)6-9-16(15)20/h3-11H,2H2,1H3,(H,21,23)(H,22,24)/b10-5+. The van der Waals surface area contributed by atoms with Crippen molar-refractivity contribution in [1.82, 2.24) is 10.9 Å².